The van der Waals surface area contributed by atoms with E-state index < -0.39 is 0 Å². The maximum Gasteiger partial charge on any atom is 0.246 e. The Bertz CT molecular complexity index is 703. The van der Waals surface area contributed by atoms with Gasteiger partial charge in [-0.1, -0.05) is 18.2 Å². The largest absolute Gasteiger partial charge is 0.487 e. The Balaban J connectivity index is 1.66. The minimum Gasteiger partial charge on any atom is -0.487 e. The summed E-state index contributed by atoms with van der Waals surface area (Å²) in [6, 6.07) is 7.75. The molecule has 5 heteroatoms. The van der Waals surface area contributed by atoms with Crippen LogP contribution in [-0.2, 0) is 11.4 Å². The number of likely N-dealkylation sites (tertiary alicyclic amines) is 1. The first-order valence-electron chi connectivity index (χ1n) is 7.82. The summed E-state index contributed by atoms with van der Waals surface area (Å²) in [4.78, 5) is 18.4. The molecule has 3 rings (SSSR count). The number of aryl methyl sites for hydroxylation is 1. The first kappa shape index (κ1) is 15.7. The number of ether oxygens (including phenoxy) is 1. The summed E-state index contributed by atoms with van der Waals surface area (Å²) in [5.74, 6) is 0.844. The van der Waals surface area contributed by atoms with E-state index in [2.05, 4.69) is 4.98 Å². The number of nitrogens with zero attached hydrogens (tertiary/aromatic N) is 2. The molecule has 1 aromatic heterocycles. The average molecular weight is 328 g/mol. The van der Waals surface area contributed by atoms with Crippen LogP contribution in [0.5, 0.6) is 5.75 Å². The zero-order valence-corrected chi connectivity index (χ0v) is 14.0. The molecule has 0 N–H and O–H groups in total. The Kier molecular flexibility index (Phi) is 5.08. The average Bonchev–Trinajstić information content (AvgIpc) is 3.23. The second kappa shape index (κ2) is 7.42. The molecule has 1 aliphatic heterocycles. The number of amides is 1. The second-order valence-corrected chi connectivity index (χ2v) is 6.61. The van der Waals surface area contributed by atoms with Crippen molar-refractivity contribution in [3.63, 3.8) is 0 Å². The van der Waals surface area contributed by atoms with E-state index >= 15 is 0 Å². The smallest absolute Gasteiger partial charge is 0.246 e. The fourth-order valence-corrected chi connectivity index (χ4v) is 3.18. The monoisotopic (exact) mass is 328 g/mol. The number of benzene rings is 1. The number of hydrogen-bond acceptors (Lipinski definition) is 4. The van der Waals surface area contributed by atoms with Crippen molar-refractivity contribution in [2.24, 2.45) is 0 Å². The molecule has 0 saturated carbocycles. The van der Waals surface area contributed by atoms with E-state index in [0.29, 0.717) is 6.61 Å². The van der Waals surface area contributed by atoms with Gasteiger partial charge in [-0.15, -0.1) is 11.3 Å². The van der Waals surface area contributed by atoms with E-state index in [1.54, 1.807) is 17.4 Å². The van der Waals surface area contributed by atoms with Crippen molar-refractivity contribution in [2.75, 3.05) is 13.1 Å². The minimum absolute atomic E-state index is 0.0763. The van der Waals surface area contributed by atoms with Gasteiger partial charge in [0.25, 0.3) is 0 Å². The predicted molar refractivity (Wildman–Crippen MR) is 92.5 cm³/mol. The number of carbonyl (C=O) groups excluding carboxylic acids is 1. The van der Waals surface area contributed by atoms with Crippen LogP contribution < -0.4 is 4.74 Å². The van der Waals surface area contributed by atoms with Gasteiger partial charge in [-0.3, -0.25) is 4.79 Å². The maximum absolute atomic E-state index is 12.1. The van der Waals surface area contributed by atoms with Gasteiger partial charge in [0, 0.05) is 30.1 Å². The molecule has 0 unspecified atom stereocenters. The van der Waals surface area contributed by atoms with Crippen LogP contribution in [0.25, 0.3) is 6.08 Å². The normalized spacial score (nSPS) is 14.6. The lowest BCUT2D eigenvalue weighted by Crippen LogP contribution is -2.25. The molecule has 0 spiro atoms. The molecule has 1 saturated heterocycles. The molecule has 1 fully saturated rings. The van der Waals surface area contributed by atoms with E-state index in [0.717, 1.165) is 47.9 Å². The van der Waals surface area contributed by atoms with Gasteiger partial charge >= 0.3 is 0 Å². The Morgan fingerprint density at radius 3 is 2.87 bits per heavy atom. The summed E-state index contributed by atoms with van der Waals surface area (Å²) in [6.07, 6.45) is 5.68. The topological polar surface area (TPSA) is 42.4 Å². The van der Waals surface area contributed by atoms with E-state index in [1.807, 2.05) is 47.5 Å². The van der Waals surface area contributed by atoms with Crippen LogP contribution in [0.3, 0.4) is 0 Å². The van der Waals surface area contributed by atoms with Gasteiger partial charge < -0.3 is 9.64 Å². The number of rotatable bonds is 5. The summed E-state index contributed by atoms with van der Waals surface area (Å²) < 4.78 is 5.86. The number of aromatic nitrogens is 1. The Labute approximate surface area is 140 Å². The number of thiazole rings is 1. The van der Waals surface area contributed by atoms with Crippen LogP contribution in [-0.4, -0.2) is 28.9 Å². The molecule has 2 heterocycles. The molecule has 1 amide bonds. The fraction of sp³-hybridized carbons (Fsp3) is 0.333. The first-order chi connectivity index (χ1) is 11.2. The summed E-state index contributed by atoms with van der Waals surface area (Å²) in [6.45, 7) is 4.15. The highest BCUT2D eigenvalue weighted by Crippen LogP contribution is 2.21. The zero-order chi connectivity index (χ0) is 16.1. The standard InChI is InChI=1S/C18H20N2O2S/c1-14-19-16(13-23-14)12-22-17-7-3-2-6-15(17)8-9-18(21)20-10-4-5-11-20/h2-3,6-9,13H,4-5,10-12H2,1H3/b9-8+. The molecule has 120 valence electrons. The number of hydrogen-bond donors (Lipinski definition) is 0. The molecule has 4 nitrogen and oxygen atoms in total. The van der Waals surface area contributed by atoms with E-state index in [-0.39, 0.29) is 5.91 Å². The third kappa shape index (κ3) is 4.20. The summed E-state index contributed by atoms with van der Waals surface area (Å²) in [5.41, 5.74) is 1.84. The molecule has 1 aromatic carbocycles. The molecule has 2 aromatic rings. The molecule has 0 atom stereocenters. The van der Waals surface area contributed by atoms with Crippen molar-refractivity contribution in [1.29, 1.82) is 0 Å². The molecule has 23 heavy (non-hydrogen) atoms. The molecular formula is C18H20N2O2S. The number of carbonyl (C=O) groups is 1. The van der Waals surface area contributed by atoms with Crippen LogP contribution >= 0.6 is 11.3 Å². The van der Waals surface area contributed by atoms with Crippen LogP contribution in [0.4, 0.5) is 0 Å². The van der Waals surface area contributed by atoms with Gasteiger partial charge in [-0.2, -0.15) is 0 Å². The van der Waals surface area contributed by atoms with Crippen LogP contribution in [0, 0.1) is 6.92 Å². The summed E-state index contributed by atoms with van der Waals surface area (Å²) in [7, 11) is 0. The van der Waals surface area contributed by atoms with Gasteiger partial charge in [0.05, 0.1) is 10.7 Å². The van der Waals surface area contributed by atoms with E-state index in [1.165, 1.54) is 0 Å². The lowest BCUT2D eigenvalue weighted by atomic mass is 10.2. The van der Waals surface area contributed by atoms with Crippen molar-refractivity contribution in [3.05, 3.63) is 52.0 Å². The highest BCUT2D eigenvalue weighted by molar-refractivity contribution is 7.09. The Morgan fingerprint density at radius 2 is 2.13 bits per heavy atom. The lowest BCUT2D eigenvalue weighted by molar-refractivity contribution is -0.124. The van der Waals surface area contributed by atoms with E-state index in [9.17, 15) is 4.79 Å². The summed E-state index contributed by atoms with van der Waals surface area (Å²) >= 11 is 1.62. The third-order valence-electron chi connectivity index (χ3n) is 3.78. The first-order valence-corrected chi connectivity index (χ1v) is 8.70. The van der Waals surface area contributed by atoms with Gasteiger partial charge in [0.2, 0.25) is 5.91 Å². The summed E-state index contributed by atoms with van der Waals surface area (Å²) in [5, 5.41) is 3.04. The molecule has 0 bridgehead atoms. The zero-order valence-electron chi connectivity index (χ0n) is 13.2. The maximum atomic E-state index is 12.1. The lowest BCUT2D eigenvalue weighted by Gasteiger charge is -2.12. The van der Waals surface area contributed by atoms with Crippen molar-refractivity contribution < 1.29 is 9.53 Å². The van der Waals surface area contributed by atoms with Crippen LogP contribution in [0.2, 0.25) is 0 Å². The van der Waals surface area contributed by atoms with Crippen molar-refractivity contribution >= 4 is 23.3 Å². The highest BCUT2D eigenvalue weighted by Gasteiger charge is 2.15. The Hall–Kier alpha value is -2.14. The molecule has 1 aliphatic rings. The molecular weight excluding hydrogens is 308 g/mol. The quantitative estimate of drug-likeness (QED) is 0.787. The minimum atomic E-state index is 0.0763. The Morgan fingerprint density at radius 1 is 1.35 bits per heavy atom. The number of para-hydroxylation sites is 1. The van der Waals surface area contributed by atoms with Crippen LogP contribution in [0.15, 0.2) is 35.7 Å². The SMILES string of the molecule is Cc1nc(COc2ccccc2/C=C/C(=O)N2CCCC2)cs1. The van der Waals surface area contributed by atoms with Gasteiger partial charge in [-0.05, 0) is 31.9 Å². The molecule has 0 radical (unpaired) electrons. The predicted octanol–water partition coefficient (Wildman–Crippen LogP) is 3.67. The highest BCUT2D eigenvalue weighted by atomic mass is 32.1. The van der Waals surface area contributed by atoms with Crippen molar-refractivity contribution in [3.8, 4) is 5.75 Å². The van der Waals surface area contributed by atoms with Gasteiger partial charge in [-0.25, -0.2) is 4.98 Å². The van der Waals surface area contributed by atoms with Crippen molar-refractivity contribution in [2.45, 2.75) is 26.4 Å². The van der Waals surface area contributed by atoms with Gasteiger partial charge in [0.1, 0.15) is 12.4 Å². The van der Waals surface area contributed by atoms with Crippen molar-refractivity contribution in [1.82, 2.24) is 9.88 Å². The van der Waals surface area contributed by atoms with Crippen LogP contribution in [0.1, 0.15) is 29.1 Å². The third-order valence-corrected chi connectivity index (χ3v) is 4.61. The molecule has 0 aliphatic carbocycles. The van der Waals surface area contributed by atoms with Gasteiger partial charge in [0.15, 0.2) is 0 Å². The van der Waals surface area contributed by atoms with E-state index in [4.69, 9.17) is 4.74 Å². The second-order valence-electron chi connectivity index (χ2n) is 5.55. The fourth-order valence-electron chi connectivity index (χ4n) is 2.58.